The van der Waals surface area contributed by atoms with Gasteiger partial charge in [0.1, 0.15) is 5.25 Å². The maximum Gasteiger partial charge on any atom is 0.336 e. The van der Waals surface area contributed by atoms with Gasteiger partial charge >= 0.3 is 11.9 Å². The van der Waals surface area contributed by atoms with Crippen molar-refractivity contribution in [2.24, 2.45) is 0 Å². The molecule has 4 N–H and O–H groups in total. The van der Waals surface area contributed by atoms with Crippen LogP contribution in [0.5, 0.6) is 0 Å². The first kappa shape index (κ1) is 30.5. The zero-order valence-electron chi connectivity index (χ0n) is 22.6. The summed E-state index contributed by atoms with van der Waals surface area (Å²) in [6, 6.07) is 26.6. The largest absolute Gasteiger partial charge is 0.478 e. The molecule has 5 aromatic rings. The Kier molecular flexibility index (Phi) is 9.39. The number of aromatic nitrogens is 1. The molecule has 0 aliphatic carbocycles. The van der Waals surface area contributed by atoms with Gasteiger partial charge in [0.15, 0.2) is 5.13 Å². The first-order valence-corrected chi connectivity index (χ1v) is 15.1. The van der Waals surface area contributed by atoms with Crippen LogP contribution in [0.25, 0.3) is 11.3 Å². The zero-order valence-corrected chi connectivity index (χ0v) is 25.0. The van der Waals surface area contributed by atoms with Gasteiger partial charge in [-0.3, -0.25) is 9.59 Å². The Bertz CT molecular complexity index is 1860. The van der Waals surface area contributed by atoms with Gasteiger partial charge in [0.25, 0.3) is 5.91 Å². The second-order valence-corrected chi connectivity index (χ2v) is 11.7. The van der Waals surface area contributed by atoms with E-state index in [1.165, 1.54) is 29.2 Å². The van der Waals surface area contributed by atoms with Crippen LogP contribution in [0.4, 0.5) is 10.8 Å². The summed E-state index contributed by atoms with van der Waals surface area (Å²) in [6.07, 6.45) is 0. The summed E-state index contributed by atoms with van der Waals surface area (Å²) < 4.78 is 0. The first-order valence-electron chi connectivity index (χ1n) is 12.9. The van der Waals surface area contributed by atoms with E-state index in [1.807, 2.05) is 53.9 Å². The van der Waals surface area contributed by atoms with Crippen molar-refractivity contribution in [3.63, 3.8) is 0 Å². The average molecular weight is 644 g/mol. The Morgan fingerprint density at radius 2 is 1.50 bits per heavy atom. The van der Waals surface area contributed by atoms with Crippen molar-refractivity contribution < 1.29 is 29.4 Å². The van der Waals surface area contributed by atoms with Gasteiger partial charge in [-0.25, -0.2) is 14.6 Å². The van der Waals surface area contributed by atoms with E-state index in [0.717, 1.165) is 28.2 Å². The summed E-state index contributed by atoms with van der Waals surface area (Å²) in [4.78, 5) is 54.5. The Balaban J connectivity index is 1.31. The van der Waals surface area contributed by atoms with Crippen LogP contribution < -0.4 is 10.6 Å². The topological polar surface area (TPSA) is 146 Å². The predicted molar refractivity (Wildman–Crippen MR) is 171 cm³/mol. The van der Waals surface area contributed by atoms with Gasteiger partial charge in [0.2, 0.25) is 5.91 Å². The van der Waals surface area contributed by atoms with E-state index in [1.54, 1.807) is 30.3 Å². The number of carboxylic acids is 2. The molecule has 0 saturated carbocycles. The van der Waals surface area contributed by atoms with Gasteiger partial charge in [-0.2, -0.15) is 0 Å². The van der Waals surface area contributed by atoms with Crippen LogP contribution in [-0.4, -0.2) is 39.0 Å². The average Bonchev–Trinajstić information content (AvgIpc) is 3.48. The number of hydrogen-bond donors (Lipinski definition) is 4. The van der Waals surface area contributed by atoms with Crippen LogP contribution in [0.3, 0.4) is 0 Å². The number of carbonyl (C=O) groups is 4. The molecule has 220 valence electrons. The summed E-state index contributed by atoms with van der Waals surface area (Å²) in [6.45, 7) is 0. The Morgan fingerprint density at radius 3 is 2.18 bits per heavy atom. The van der Waals surface area contributed by atoms with Gasteiger partial charge in [-0.1, -0.05) is 60.1 Å². The molecule has 0 aliphatic rings. The number of anilines is 2. The van der Waals surface area contributed by atoms with Gasteiger partial charge in [-0.15, -0.1) is 23.1 Å². The number of benzene rings is 4. The quantitative estimate of drug-likeness (QED) is 0.114. The van der Waals surface area contributed by atoms with Gasteiger partial charge in [-0.05, 0) is 54.1 Å². The molecule has 1 atom stereocenters. The van der Waals surface area contributed by atoms with Crippen LogP contribution in [0, 0.1) is 0 Å². The normalized spacial score (nSPS) is 11.4. The number of carboxylic acid groups (broad SMARTS) is 2. The van der Waals surface area contributed by atoms with E-state index in [2.05, 4.69) is 15.6 Å². The summed E-state index contributed by atoms with van der Waals surface area (Å²) in [5.74, 6) is -3.71. The third-order valence-electron chi connectivity index (χ3n) is 6.33. The molecule has 1 heterocycles. The van der Waals surface area contributed by atoms with Crippen LogP contribution in [0.15, 0.2) is 107 Å². The van der Waals surface area contributed by atoms with Crippen molar-refractivity contribution in [2.45, 2.75) is 10.1 Å². The molecule has 0 fully saturated rings. The van der Waals surface area contributed by atoms with E-state index in [-0.39, 0.29) is 17.0 Å². The molecular weight excluding hydrogens is 622 g/mol. The lowest BCUT2D eigenvalue weighted by Crippen LogP contribution is -2.19. The highest BCUT2D eigenvalue weighted by Gasteiger charge is 2.24. The molecule has 0 aliphatic heterocycles. The number of nitrogens with one attached hydrogen (secondary N) is 2. The number of rotatable bonds is 10. The molecule has 9 nitrogen and oxygen atoms in total. The molecule has 44 heavy (non-hydrogen) atoms. The minimum absolute atomic E-state index is 0.179. The molecule has 1 unspecified atom stereocenters. The number of amides is 2. The van der Waals surface area contributed by atoms with Crippen molar-refractivity contribution >= 4 is 69.3 Å². The summed E-state index contributed by atoms with van der Waals surface area (Å²) in [5, 5.41) is 26.4. The lowest BCUT2D eigenvalue weighted by atomic mass is 10.0. The van der Waals surface area contributed by atoms with Crippen LogP contribution in [-0.2, 0) is 4.79 Å². The number of hydrogen-bond acceptors (Lipinski definition) is 7. The highest BCUT2D eigenvalue weighted by atomic mass is 35.5. The van der Waals surface area contributed by atoms with Crippen molar-refractivity contribution in [1.29, 1.82) is 0 Å². The monoisotopic (exact) mass is 643 g/mol. The van der Waals surface area contributed by atoms with E-state index in [0.29, 0.717) is 21.5 Å². The van der Waals surface area contributed by atoms with Crippen molar-refractivity contribution in [1.82, 2.24) is 4.98 Å². The minimum Gasteiger partial charge on any atom is -0.478 e. The lowest BCUT2D eigenvalue weighted by Gasteiger charge is -2.16. The molecule has 5 rings (SSSR count). The number of nitrogens with zero attached hydrogens (tertiary/aromatic N) is 1. The minimum atomic E-state index is -1.42. The SMILES string of the molecule is O=C(O)c1ccc(C(=O)Nc2ccc(SC(C(=O)Nc3nc(-c4ccccc4Cl)cs3)c3ccccc3)cc2)c(C(=O)O)c1. The molecule has 1 aromatic heterocycles. The number of thiazole rings is 1. The van der Waals surface area contributed by atoms with E-state index in [4.69, 9.17) is 16.7 Å². The van der Waals surface area contributed by atoms with E-state index in [9.17, 15) is 24.3 Å². The van der Waals surface area contributed by atoms with Crippen molar-refractivity contribution in [3.05, 3.63) is 130 Å². The molecule has 0 spiro atoms. The number of thioether (sulfide) groups is 1. The highest BCUT2D eigenvalue weighted by molar-refractivity contribution is 8.00. The third kappa shape index (κ3) is 7.14. The molecule has 0 bridgehead atoms. The van der Waals surface area contributed by atoms with Crippen LogP contribution in [0.1, 0.15) is 41.9 Å². The second kappa shape index (κ2) is 13.6. The fourth-order valence-electron chi connectivity index (χ4n) is 4.20. The van der Waals surface area contributed by atoms with Crippen molar-refractivity contribution in [3.8, 4) is 11.3 Å². The highest BCUT2D eigenvalue weighted by Crippen LogP contribution is 2.38. The van der Waals surface area contributed by atoms with Crippen molar-refractivity contribution in [2.75, 3.05) is 10.6 Å². The first-order chi connectivity index (χ1) is 21.2. The molecule has 0 radical (unpaired) electrons. The summed E-state index contributed by atoms with van der Waals surface area (Å²) in [5.41, 5.74) is 1.74. The maximum atomic E-state index is 13.5. The Morgan fingerprint density at radius 1 is 0.795 bits per heavy atom. The number of carbonyl (C=O) groups excluding carboxylic acids is 2. The molecule has 0 saturated heterocycles. The van der Waals surface area contributed by atoms with E-state index < -0.39 is 28.7 Å². The second-order valence-electron chi connectivity index (χ2n) is 9.26. The van der Waals surface area contributed by atoms with Crippen LogP contribution >= 0.6 is 34.7 Å². The summed E-state index contributed by atoms with van der Waals surface area (Å²) in [7, 11) is 0. The zero-order chi connectivity index (χ0) is 31.2. The predicted octanol–water partition coefficient (Wildman–Crippen LogP) is 7.58. The smallest absolute Gasteiger partial charge is 0.336 e. The Hall–Kier alpha value is -4.97. The van der Waals surface area contributed by atoms with E-state index >= 15 is 0 Å². The Labute approximate surface area is 264 Å². The lowest BCUT2D eigenvalue weighted by molar-refractivity contribution is -0.115. The van der Waals surface area contributed by atoms with Gasteiger partial charge in [0, 0.05) is 26.5 Å². The standard InChI is InChI=1S/C32H22ClN3O6S2/c33-25-9-5-4-8-23(25)26-17-43-32(35-26)36-29(38)27(18-6-2-1-3-7-18)44-21-13-11-20(12-14-21)34-28(37)22-15-10-19(30(39)40)16-24(22)31(41)42/h1-17,27H,(H,34,37)(H,39,40)(H,41,42)(H,35,36,38). The fourth-order valence-corrected chi connectivity index (χ4v) is 6.17. The molecule has 4 aromatic carbocycles. The fraction of sp³-hybridized carbons (Fsp3) is 0.0312. The molecule has 2 amide bonds. The molecular formula is C32H22ClN3O6S2. The molecule has 12 heteroatoms. The van der Waals surface area contributed by atoms with Gasteiger partial charge < -0.3 is 20.8 Å². The van der Waals surface area contributed by atoms with Crippen LogP contribution in [0.2, 0.25) is 5.02 Å². The third-order valence-corrected chi connectivity index (χ3v) is 8.69. The maximum absolute atomic E-state index is 13.5. The summed E-state index contributed by atoms with van der Waals surface area (Å²) >= 11 is 8.91. The number of halogens is 1. The number of aromatic carboxylic acids is 2. The van der Waals surface area contributed by atoms with Gasteiger partial charge in [0.05, 0.1) is 22.4 Å².